The normalized spacial score (nSPS) is 12.5. The predicted octanol–water partition coefficient (Wildman–Crippen LogP) is 21.2. The molecule has 0 heterocycles. The largest absolute Gasteiger partial charge is 0.466 e. The van der Waals surface area contributed by atoms with Crippen LogP contribution in [0.25, 0.3) is 0 Å². The van der Waals surface area contributed by atoms with E-state index >= 15 is 0 Å². The average molecular weight is 1030 g/mol. The molecule has 0 aliphatic heterocycles. The lowest BCUT2D eigenvalue weighted by molar-refractivity contribution is -0.143. The van der Waals surface area contributed by atoms with E-state index in [1.54, 1.807) is 0 Å². The molecule has 2 unspecified atom stereocenters. The lowest BCUT2D eigenvalue weighted by Crippen LogP contribution is -2.45. The number of aliphatic hydroxyl groups is 2. The van der Waals surface area contributed by atoms with Crippen LogP contribution >= 0.6 is 0 Å². The van der Waals surface area contributed by atoms with Crippen molar-refractivity contribution in [1.29, 1.82) is 0 Å². The molecule has 0 rings (SSSR count). The Bertz CT molecular complexity index is 1100. The zero-order valence-electron chi connectivity index (χ0n) is 49.6. The summed E-state index contributed by atoms with van der Waals surface area (Å²) in [5.41, 5.74) is 0. The van der Waals surface area contributed by atoms with Crippen molar-refractivity contribution in [2.24, 2.45) is 0 Å². The highest BCUT2D eigenvalue weighted by atomic mass is 16.5. The Labute approximate surface area is 457 Å². The summed E-state index contributed by atoms with van der Waals surface area (Å²) in [7, 11) is 0. The number of ether oxygens (including phenoxy) is 1. The number of hydrogen-bond donors (Lipinski definition) is 3. The van der Waals surface area contributed by atoms with Gasteiger partial charge in [0.25, 0.3) is 0 Å². The van der Waals surface area contributed by atoms with Gasteiger partial charge in [0.15, 0.2) is 0 Å². The number of allylic oxidation sites excluding steroid dienone is 2. The first-order valence-electron chi connectivity index (χ1n) is 33.4. The van der Waals surface area contributed by atoms with Gasteiger partial charge in [-0.2, -0.15) is 0 Å². The Hall–Kier alpha value is -1.40. The van der Waals surface area contributed by atoms with E-state index < -0.39 is 12.1 Å². The summed E-state index contributed by atoms with van der Waals surface area (Å²) in [6, 6.07) is -0.546. The van der Waals surface area contributed by atoms with Gasteiger partial charge in [-0.3, -0.25) is 9.59 Å². The van der Waals surface area contributed by atoms with E-state index in [-0.39, 0.29) is 18.5 Å². The molecule has 0 spiro atoms. The minimum Gasteiger partial charge on any atom is -0.466 e. The van der Waals surface area contributed by atoms with Crippen LogP contribution < -0.4 is 5.32 Å². The molecule has 6 nitrogen and oxygen atoms in total. The molecule has 3 N–H and O–H groups in total. The molecule has 0 saturated carbocycles. The van der Waals surface area contributed by atoms with Gasteiger partial charge in [0.2, 0.25) is 5.91 Å². The van der Waals surface area contributed by atoms with Crippen LogP contribution in [-0.4, -0.2) is 47.4 Å². The number of unbranched alkanes of at least 4 members (excludes halogenated alkanes) is 50. The Morgan fingerprint density at radius 3 is 0.973 bits per heavy atom. The summed E-state index contributed by atoms with van der Waals surface area (Å²) in [5.74, 6) is -0.0234. The first-order chi connectivity index (χ1) is 36.0. The Kier molecular flexibility index (Phi) is 61.9. The Morgan fingerprint density at radius 1 is 0.370 bits per heavy atom. The maximum absolute atomic E-state index is 12.5. The Balaban J connectivity index is 3.38. The molecule has 2 atom stereocenters. The number of nitrogens with one attached hydrogen (secondary N) is 1. The van der Waals surface area contributed by atoms with E-state index in [0.717, 1.165) is 38.5 Å². The van der Waals surface area contributed by atoms with Crippen LogP contribution in [0.3, 0.4) is 0 Å². The van der Waals surface area contributed by atoms with Gasteiger partial charge in [0.05, 0.1) is 25.4 Å². The number of rotatable bonds is 63. The number of aliphatic hydroxyl groups excluding tert-OH is 2. The lowest BCUT2D eigenvalue weighted by atomic mass is 10.0. The highest BCUT2D eigenvalue weighted by molar-refractivity contribution is 5.76. The van der Waals surface area contributed by atoms with Crippen molar-refractivity contribution in [2.45, 2.75) is 392 Å². The number of carbonyl (C=O) groups is 2. The van der Waals surface area contributed by atoms with Crippen molar-refractivity contribution < 1.29 is 24.5 Å². The van der Waals surface area contributed by atoms with Gasteiger partial charge in [-0.05, 0) is 51.4 Å². The number of hydrogen-bond acceptors (Lipinski definition) is 5. The monoisotopic (exact) mass is 1030 g/mol. The highest BCUT2D eigenvalue weighted by Gasteiger charge is 2.20. The van der Waals surface area contributed by atoms with Crippen molar-refractivity contribution in [2.75, 3.05) is 13.2 Å². The highest BCUT2D eigenvalue weighted by Crippen LogP contribution is 2.19. The zero-order valence-corrected chi connectivity index (χ0v) is 49.6. The van der Waals surface area contributed by atoms with Crippen LogP contribution in [-0.2, 0) is 14.3 Å². The molecule has 0 aromatic rings. The lowest BCUT2D eigenvalue weighted by Gasteiger charge is -2.22. The van der Waals surface area contributed by atoms with Crippen LogP contribution in [0.5, 0.6) is 0 Å². The van der Waals surface area contributed by atoms with E-state index in [4.69, 9.17) is 4.74 Å². The van der Waals surface area contributed by atoms with Crippen molar-refractivity contribution in [1.82, 2.24) is 5.32 Å². The third-order valence-corrected chi connectivity index (χ3v) is 15.8. The van der Waals surface area contributed by atoms with Crippen LogP contribution in [0.2, 0.25) is 0 Å². The summed E-state index contributed by atoms with van der Waals surface area (Å²) < 4.78 is 5.50. The van der Waals surface area contributed by atoms with E-state index in [1.807, 2.05) is 0 Å². The van der Waals surface area contributed by atoms with Gasteiger partial charge in [-0.25, -0.2) is 0 Å². The SMILES string of the molecule is CCCCCCCCCCCCCCCCCCCCC(=O)OCCCCCCCCCCCCC/C=C\CCCCCCCCCC(=O)NC(CO)C(O)CCCCCCCCCCCCCCCCCC. The molecule has 434 valence electrons. The molecule has 0 fully saturated rings. The number of amides is 1. The van der Waals surface area contributed by atoms with Gasteiger partial charge in [0.1, 0.15) is 0 Å². The fourth-order valence-corrected chi connectivity index (χ4v) is 10.7. The maximum Gasteiger partial charge on any atom is 0.305 e. The number of esters is 1. The summed E-state index contributed by atoms with van der Waals surface area (Å²) in [5, 5.41) is 23.3. The van der Waals surface area contributed by atoms with Gasteiger partial charge in [0, 0.05) is 12.8 Å². The molecule has 0 saturated heterocycles. The van der Waals surface area contributed by atoms with Crippen molar-refractivity contribution in [3.63, 3.8) is 0 Å². The zero-order chi connectivity index (χ0) is 52.9. The van der Waals surface area contributed by atoms with Crippen LogP contribution in [0.4, 0.5) is 0 Å². The standard InChI is InChI=1S/C67H131NO5/c1-3-5-7-9-11-13-15-17-19-21-29-33-37-41-45-49-53-57-61-67(72)73-62-58-54-50-46-42-38-34-30-27-25-23-22-24-26-28-32-36-40-44-48-52-56-60-66(71)68-64(63-69)65(70)59-55-51-47-43-39-35-31-20-18-16-14-12-10-8-6-4-2/h24,26,64-65,69-70H,3-23,25,27-63H2,1-2H3,(H,68,71)/b26-24-. The van der Waals surface area contributed by atoms with Gasteiger partial charge >= 0.3 is 5.97 Å². The van der Waals surface area contributed by atoms with Gasteiger partial charge < -0.3 is 20.3 Å². The average Bonchev–Trinajstić information content (AvgIpc) is 3.39. The molecule has 73 heavy (non-hydrogen) atoms. The molecule has 0 aromatic heterocycles. The van der Waals surface area contributed by atoms with Gasteiger partial charge in [-0.15, -0.1) is 0 Å². The quantitative estimate of drug-likeness (QED) is 0.0320. The Morgan fingerprint density at radius 2 is 0.644 bits per heavy atom. The third kappa shape index (κ3) is 59.7. The van der Waals surface area contributed by atoms with Crippen molar-refractivity contribution in [3.8, 4) is 0 Å². The van der Waals surface area contributed by atoms with Crippen LogP contribution in [0, 0.1) is 0 Å². The van der Waals surface area contributed by atoms with Crippen LogP contribution in [0.15, 0.2) is 12.2 Å². The van der Waals surface area contributed by atoms with Gasteiger partial charge in [-0.1, -0.05) is 328 Å². The number of carbonyl (C=O) groups excluding carboxylic acids is 2. The summed E-state index contributed by atoms with van der Waals surface area (Å²) in [4.78, 5) is 24.6. The molecule has 0 aliphatic carbocycles. The van der Waals surface area contributed by atoms with E-state index in [1.165, 1.54) is 308 Å². The second-order valence-electron chi connectivity index (χ2n) is 23.2. The second-order valence-corrected chi connectivity index (χ2v) is 23.2. The van der Waals surface area contributed by atoms with E-state index in [2.05, 4.69) is 31.3 Å². The first-order valence-corrected chi connectivity index (χ1v) is 33.4. The smallest absolute Gasteiger partial charge is 0.305 e. The molecule has 0 bridgehead atoms. The first kappa shape index (κ1) is 71.6. The molecular formula is C67H131NO5. The summed E-state index contributed by atoms with van der Waals surface area (Å²) >= 11 is 0. The van der Waals surface area contributed by atoms with Crippen LogP contribution in [0.1, 0.15) is 380 Å². The molecule has 6 heteroatoms. The molecule has 1 amide bonds. The summed E-state index contributed by atoms with van der Waals surface area (Å²) in [6.45, 7) is 4.99. The maximum atomic E-state index is 12.5. The molecule has 0 aliphatic rings. The topological polar surface area (TPSA) is 95.9 Å². The fraction of sp³-hybridized carbons (Fsp3) is 0.940. The molecule has 0 radical (unpaired) electrons. The minimum absolute atomic E-state index is 0.0153. The minimum atomic E-state index is -0.668. The molecule has 0 aromatic carbocycles. The van der Waals surface area contributed by atoms with E-state index in [0.29, 0.717) is 25.9 Å². The van der Waals surface area contributed by atoms with Crippen molar-refractivity contribution >= 4 is 11.9 Å². The third-order valence-electron chi connectivity index (χ3n) is 15.8. The predicted molar refractivity (Wildman–Crippen MR) is 320 cm³/mol. The van der Waals surface area contributed by atoms with Crippen molar-refractivity contribution in [3.05, 3.63) is 12.2 Å². The molecular weight excluding hydrogens is 899 g/mol. The fourth-order valence-electron chi connectivity index (χ4n) is 10.7. The summed E-state index contributed by atoms with van der Waals surface area (Å²) in [6.07, 6.45) is 76.7. The van der Waals surface area contributed by atoms with E-state index in [9.17, 15) is 19.8 Å². The second kappa shape index (κ2) is 63.1.